The Bertz CT molecular complexity index is 4340. The summed E-state index contributed by atoms with van der Waals surface area (Å²) in [4.78, 5) is 121. The molecule has 438 valence electrons. The van der Waals surface area contributed by atoms with Crippen molar-refractivity contribution < 1.29 is 66.8 Å². The number of hydrogen-bond donors (Lipinski definition) is 1. The van der Waals surface area contributed by atoms with E-state index in [1.165, 1.54) is 44.3 Å². The molecule has 1 atom stereocenters. The van der Waals surface area contributed by atoms with Crippen molar-refractivity contribution >= 4 is 53.2 Å². The van der Waals surface area contributed by atoms with Crippen molar-refractivity contribution in [2.45, 2.75) is 51.6 Å². The number of esters is 1. The van der Waals surface area contributed by atoms with E-state index in [-0.39, 0.29) is 56.7 Å². The maximum Gasteiger partial charge on any atom is 0.333 e. The van der Waals surface area contributed by atoms with Gasteiger partial charge < -0.3 is 23.7 Å². The monoisotopic (exact) mass is 1170 g/mol. The average Bonchev–Trinajstić information content (AvgIpc) is 1.96. The summed E-state index contributed by atoms with van der Waals surface area (Å²) < 4.78 is 30.1. The van der Waals surface area contributed by atoms with Crippen molar-refractivity contribution in [2.24, 2.45) is 0 Å². The van der Waals surface area contributed by atoms with Gasteiger partial charge in [0.1, 0.15) is 52.1 Å². The van der Waals surface area contributed by atoms with Crippen LogP contribution >= 0.6 is 0 Å². The van der Waals surface area contributed by atoms with Crippen molar-refractivity contribution in [1.29, 1.82) is 0 Å². The number of rotatable bonds is 18. The lowest BCUT2D eigenvalue weighted by atomic mass is 9.78. The Labute approximate surface area is 504 Å². The number of imide groups is 4. The fourth-order valence-electron chi connectivity index (χ4n) is 11.0. The van der Waals surface area contributed by atoms with E-state index in [9.17, 15) is 43.2 Å². The molecule has 18 heteroatoms. The van der Waals surface area contributed by atoms with Crippen LogP contribution in [0.2, 0.25) is 0 Å². The lowest BCUT2D eigenvalue weighted by molar-refractivity contribution is -0.145. The predicted octanol–water partition coefficient (Wildman–Crippen LogP) is 12.0. The van der Waals surface area contributed by atoms with Crippen molar-refractivity contribution in [3.8, 4) is 46.0 Å². The summed E-state index contributed by atoms with van der Waals surface area (Å²) in [5, 5.41) is 2.28. The molecular formula is C70H54N4O14. The number of carbonyl (C=O) groups is 9. The molecule has 8 amide bonds. The highest BCUT2D eigenvalue weighted by atomic mass is 16.5. The number of carbonyl (C=O) groups excluding carboxylic acids is 9. The molecule has 0 aromatic heterocycles. The minimum absolute atomic E-state index is 0.0141. The minimum atomic E-state index is -1.35. The summed E-state index contributed by atoms with van der Waals surface area (Å²) in [6.07, 6.45) is -1.35. The zero-order valence-corrected chi connectivity index (χ0v) is 48.4. The Balaban J connectivity index is 0.669. The third-order valence-electron chi connectivity index (χ3n) is 16.3. The van der Waals surface area contributed by atoms with E-state index in [2.05, 4.69) is 39.6 Å². The van der Waals surface area contributed by atoms with Gasteiger partial charge in [0.2, 0.25) is 0 Å². The van der Waals surface area contributed by atoms with Gasteiger partial charge in [0.05, 0.1) is 57.6 Å². The van der Waals surface area contributed by atoms with Gasteiger partial charge in [-0.05, 0) is 151 Å². The quantitative estimate of drug-likeness (QED) is 0.0480. The Hall–Kier alpha value is -11.3. The van der Waals surface area contributed by atoms with Gasteiger partial charge in [-0.25, -0.2) is 4.79 Å². The van der Waals surface area contributed by atoms with Crippen LogP contribution in [0, 0.1) is 0 Å². The van der Waals surface area contributed by atoms with E-state index in [1.54, 1.807) is 66.7 Å². The van der Waals surface area contributed by atoms with Crippen LogP contribution < -0.4 is 24.3 Å². The Morgan fingerprint density at radius 1 is 0.398 bits per heavy atom. The van der Waals surface area contributed by atoms with Crippen LogP contribution in [0.25, 0.3) is 0 Å². The Morgan fingerprint density at radius 3 is 1.02 bits per heavy atom. The smallest absolute Gasteiger partial charge is 0.333 e. The third kappa shape index (κ3) is 10.5. The summed E-state index contributed by atoms with van der Waals surface area (Å²) in [6, 6.07) is 48.5. The molecule has 0 saturated heterocycles. The normalized spacial score (nSPS) is 14.6. The molecule has 8 aromatic rings. The van der Waals surface area contributed by atoms with E-state index >= 15 is 0 Å². The predicted molar refractivity (Wildman–Crippen MR) is 320 cm³/mol. The van der Waals surface area contributed by atoms with Crippen LogP contribution in [-0.4, -0.2) is 94.2 Å². The van der Waals surface area contributed by atoms with Crippen molar-refractivity contribution in [3.63, 3.8) is 0 Å². The number of amides is 8. The fourth-order valence-corrected chi connectivity index (χ4v) is 11.0. The number of nitrogens with zero attached hydrogens (tertiary/aromatic N) is 3. The lowest BCUT2D eigenvalue weighted by Gasteiger charge is -2.26. The zero-order valence-electron chi connectivity index (χ0n) is 48.4. The van der Waals surface area contributed by atoms with Gasteiger partial charge in [0.15, 0.2) is 0 Å². The first-order chi connectivity index (χ1) is 42.0. The maximum atomic E-state index is 14.1. The number of hydrogen-bond acceptors (Lipinski definition) is 14. The summed E-state index contributed by atoms with van der Waals surface area (Å²) >= 11 is 0. The van der Waals surface area contributed by atoms with Gasteiger partial charge in [-0.15, -0.1) is 0 Å². The number of benzene rings is 8. The second kappa shape index (κ2) is 22.0. The highest BCUT2D eigenvalue weighted by Gasteiger charge is 2.42. The molecule has 0 fully saturated rings. The first-order valence-electron chi connectivity index (χ1n) is 28.0. The first-order valence-corrected chi connectivity index (χ1v) is 28.0. The van der Waals surface area contributed by atoms with Crippen molar-refractivity contribution in [2.75, 3.05) is 20.1 Å². The molecule has 4 aliphatic rings. The average molecular weight is 1180 g/mol. The third-order valence-corrected chi connectivity index (χ3v) is 16.3. The minimum Gasteiger partial charge on any atom is -0.457 e. The van der Waals surface area contributed by atoms with Crippen LogP contribution in [0.5, 0.6) is 46.0 Å². The zero-order chi connectivity index (χ0) is 62.1. The van der Waals surface area contributed by atoms with Crippen LogP contribution in [0.4, 0.5) is 0 Å². The van der Waals surface area contributed by atoms with Crippen molar-refractivity contribution in [3.05, 3.63) is 249 Å². The van der Waals surface area contributed by atoms with Gasteiger partial charge in [-0.3, -0.25) is 58.4 Å². The summed E-state index contributed by atoms with van der Waals surface area (Å²) in [6.45, 7) is 12.4. The topological polar surface area (TPSA) is 222 Å². The standard InChI is InChI=1S/C70H54N4O14/c1-38(2)68(83)88-51(36-73-64(79)54-30-26-49(34-58(54)66(73)81)86-45-20-12-41(13-21-45)69(3,4)39-8-16-43(17-9-39)84-47-24-28-52-56(32-47)61(76)71-60(52)75)37-74-65(80)55-31-27-50(35-59(55)67(74)82)87-46-22-14-42(15-23-46)70(5,6)40-10-18-44(19-11-40)85-48-25-29-53-57(33-48)63(78)72(7)62(53)77/h8-35,51H,1,36-37H2,2-7H3,(H,71,75,76). The summed E-state index contributed by atoms with van der Waals surface area (Å²) in [5.41, 5.74) is 4.43. The van der Waals surface area contributed by atoms with E-state index < -0.39 is 71.4 Å². The molecule has 4 aliphatic heterocycles. The van der Waals surface area contributed by atoms with Crippen LogP contribution in [0.3, 0.4) is 0 Å². The largest absolute Gasteiger partial charge is 0.457 e. The molecule has 4 heterocycles. The highest BCUT2D eigenvalue weighted by Crippen LogP contribution is 2.39. The number of fused-ring (bicyclic) bond motifs is 4. The molecule has 0 bridgehead atoms. The van der Waals surface area contributed by atoms with E-state index in [0.29, 0.717) is 51.2 Å². The molecule has 18 nitrogen and oxygen atoms in total. The van der Waals surface area contributed by atoms with Crippen LogP contribution in [-0.2, 0) is 20.4 Å². The molecule has 1 unspecified atom stereocenters. The maximum absolute atomic E-state index is 14.1. The van der Waals surface area contributed by atoms with Gasteiger partial charge in [0, 0.05) is 23.5 Å². The molecule has 1 N–H and O–H groups in total. The van der Waals surface area contributed by atoms with Gasteiger partial charge in [-0.2, -0.15) is 0 Å². The van der Waals surface area contributed by atoms with Gasteiger partial charge >= 0.3 is 5.97 Å². The van der Waals surface area contributed by atoms with Gasteiger partial charge in [0.25, 0.3) is 47.3 Å². The lowest BCUT2D eigenvalue weighted by Crippen LogP contribution is -2.46. The van der Waals surface area contributed by atoms with Gasteiger partial charge in [-0.1, -0.05) is 82.8 Å². The van der Waals surface area contributed by atoms with E-state index in [1.807, 2.05) is 72.8 Å². The molecule has 0 saturated carbocycles. The fraction of sp³-hybridized carbons (Fsp3) is 0.157. The summed E-state index contributed by atoms with van der Waals surface area (Å²) in [5.74, 6) is -1.84. The first kappa shape index (κ1) is 57.2. The Kier molecular flexibility index (Phi) is 14.3. The summed E-state index contributed by atoms with van der Waals surface area (Å²) in [7, 11) is 1.44. The molecule has 0 aliphatic carbocycles. The van der Waals surface area contributed by atoms with E-state index in [4.69, 9.17) is 23.7 Å². The second-order valence-electron chi connectivity index (χ2n) is 22.8. The highest BCUT2D eigenvalue weighted by molar-refractivity contribution is 6.24. The van der Waals surface area contributed by atoms with Crippen LogP contribution in [0.1, 0.15) is 140 Å². The molecule has 0 spiro atoms. The van der Waals surface area contributed by atoms with Crippen molar-refractivity contribution in [1.82, 2.24) is 20.0 Å². The SMILES string of the molecule is C=C(C)C(=O)OC(CN1C(=O)c2ccc(Oc3ccc(C(C)(C)c4ccc(Oc5ccc6c(c5)C(=O)NC6=O)cc4)cc3)cc2C1=O)CN1C(=O)c2ccc(Oc3ccc(C(C)(C)c4ccc(Oc5ccc6c(c5)C(=O)N(C)C6=O)cc4)cc3)cc2C1=O. The molecular weight excluding hydrogens is 1120 g/mol. The molecule has 0 radical (unpaired) electrons. The Morgan fingerprint density at radius 2 is 0.670 bits per heavy atom. The van der Waals surface area contributed by atoms with Crippen LogP contribution in [0.15, 0.2) is 182 Å². The number of nitrogens with one attached hydrogen (secondary N) is 1. The molecule has 8 aromatic carbocycles. The molecule has 88 heavy (non-hydrogen) atoms. The molecule has 12 rings (SSSR count). The number of ether oxygens (including phenoxy) is 5. The second-order valence-corrected chi connectivity index (χ2v) is 22.8. The van der Waals surface area contributed by atoms with E-state index in [0.717, 1.165) is 37.0 Å².